The molecule has 4 aromatic rings. The maximum absolute atomic E-state index is 11.4. The summed E-state index contributed by atoms with van der Waals surface area (Å²) in [6.07, 6.45) is 8.09. The van der Waals surface area contributed by atoms with Gasteiger partial charge in [0.25, 0.3) is 0 Å². The molecule has 3 aromatic heterocycles. The SMILES string of the molecule is C=CC(=O)NCc1cccc(-c2ncnc3[nH]cc(-c4cnc[nH]4)c23)c1. The first-order valence-corrected chi connectivity index (χ1v) is 8.06. The number of hydrogen-bond donors (Lipinski definition) is 3. The Morgan fingerprint density at radius 1 is 1.27 bits per heavy atom. The van der Waals surface area contributed by atoms with Gasteiger partial charge in [-0.1, -0.05) is 24.8 Å². The van der Waals surface area contributed by atoms with E-state index in [4.69, 9.17) is 0 Å². The van der Waals surface area contributed by atoms with Crippen LogP contribution < -0.4 is 5.32 Å². The smallest absolute Gasteiger partial charge is 0.243 e. The first-order chi connectivity index (χ1) is 12.8. The third-order valence-corrected chi connectivity index (χ3v) is 4.11. The Kier molecular flexibility index (Phi) is 4.03. The third kappa shape index (κ3) is 2.86. The van der Waals surface area contributed by atoms with Crippen LogP contribution in [-0.4, -0.2) is 30.8 Å². The van der Waals surface area contributed by atoms with Gasteiger partial charge in [0.05, 0.1) is 29.3 Å². The van der Waals surface area contributed by atoms with Crippen molar-refractivity contribution >= 4 is 16.9 Å². The summed E-state index contributed by atoms with van der Waals surface area (Å²) in [5, 5.41) is 3.70. The molecular formula is C19H16N6O. The highest BCUT2D eigenvalue weighted by molar-refractivity contribution is 6.01. The van der Waals surface area contributed by atoms with Crippen LogP contribution in [0.4, 0.5) is 0 Å². The lowest BCUT2D eigenvalue weighted by atomic mass is 10.0. The Balaban J connectivity index is 1.78. The summed E-state index contributed by atoms with van der Waals surface area (Å²) < 4.78 is 0. The lowest BCUT2D eigenvalue weighted by Gasteiger charge is -2.08. The molecule has 26 heavy (non-hydrogen) atoms. The summed E-state index contributed by atoms with van der Waals surface area (Å²) in [4.78, 5) is 30.6. The number of H-pyrrole nitrogens is 2. The molecule has 0 atom stereocenters. The highest BCUT2D eigenvalue weighted by atomic mass is 16.1. The average Bonchev–Trinajstić information content (AvgIpc) is 3.35. The van der Waals surface area contributed by atoms with Gasteiger partial charge in [-0.3, -0.25) is 4.79 Å². The average molecular weight is 344 g/mol. The number of fused-ring (bicyclic) bond motifs is 1. The third-order valence-electron chi connectivity index (χ3n) is 4.11. The molecule has 0 bridgehead atoms. The summed E-state index contributed by atoms with van der Waals surface area (Å²) in [6, 6.07) is 7.90. The van der Waals surface area contributed by atoms with E-state index in [1.54, 1.807) is 12.5 Å². The van der Waals surface area contributed by atoms with Crippen molar-refractivity contribution in [3.8, 4) is 22.5 Å². The van der Waals surface area contributed by atoms with Gasteiger partial charge in [0.15, 0.2) is 0 Å². The topological polar surface area (TPSA) is 99.3 Å². The minimum absolute atomic E-state index is 0.202. The van der Waals surface area contributed by atoms with Crippen molar-refractivity contribution in [2.45, 2.75) is 6.54 Å². The lowest BCUT2D eigenvalue weighted by molar-refractivity contribution is -0.116. The highest BCUT2D eigenvalue weighted by Crippen LogP contribution is 2.33. The normalized spacial score (nSPS) is 10.8. The molecule has 0 aliphatic heterocycles. The predicted molar refractivity (Wildman–Crippen MR) is 99.0 cm³/mol. The molecule has 0 saturated carbocycles. The largest absolute Gasteiger partial charge is 0.348 e. The second-order valence-electron chi connectivity index (χ2n) is 5.74. The molecule has 7 heteroatoms. The molecule has 0 unspecified atom stereocenters. The van der Waals surface area contributed by atoms with Crippen LogP contribution in [0.25, 0.3) is 33.5 Å². The zero-order valence-corrected chi connectivity index (χ0v) is 13.9. The number of carbonyl (C=O) groups is 1. The summed E-state index contributed by atoms with van der Waals surface area (Å²) in [7, 11) is 0. The van der Waals surface area contributed by atoms with Crippen molar-refractivity contribution in [3.63, 3.8) is 0 Å². The van der Waals surface area contributed by atoms with Crippen molar-refractivity contribution in [1.82, 2.24) is 30.2 Å². The maximum atomic E-state index is 11.4. The van der Waals surface area contributed by atoms with E-state index in [2.05, 4.69) is 36.8 Å². The Hall–Kier alpha value is -3.74. The molecule has 7 nitrogen and oxygen atoms in total. The fraction of sp³-hybridized carbons (Fsp3) is 0.0526. The summed E-state index contributed by atoms with van der Waals surface area (Å²) in [6.45, 7) is 3.88. The van der Waals surface area contributed by atoms with Crippen LogP contribution in [0.1, 0.15) is 5.56 Å². The van der Waals surface area contributed by atoms with Crippen LogP contribution >= 0.6 is 0 Å². The van der Waals surface area contributed by atoms with Crippen molar-refractivity contribution < 1.29 is 4.79 Å². The van der Waals surface area contributed by atoms with Gasteiger partial charge in [-0.25, -0.2) is 15.0 Å². The van der Waals surface area contributed by atoms with Crippen molar-refractivity contribution in [2.24, 2.45) is 0 Å². The van der Waals surface area contributed by atoms with Gasteiger partial charge in [0.2, 0.25) is 5.91 Å². The number of hydrogen-bond acceptors (Lipinski definition) is 4. The number of nitrogens with zero attached hydrogens (tertiary/aromatic N) is 3. The van der Waals surface area contributed by atoms with E-state index in [1.807, 2.05) is 30.5 Å². The van der Waals surface area contributed by atoms with Crippen LogP contribution in [0, 0.1) is 0 Å². The quantitative estimate of drug-likeness (QED) is 0.485. The molecule has 128 valence electrons. The fourth-order valence-electron chi connectivity index (χ4n) is 2.89. The van der Waals surface area contributed by atoms with Gasteiger partial charge in [-0.05, 0) is 17.7 Å². The highest BCUT2D eigenvalue weighted by Gasteiger charge is 2.15. The van der Waals surface area contributed by atoms with E-state index in [0.717, 1.165) is 39.1 Å². The van der Waals surface area contributed by atoms with Crippen molar-refractivity contribution in [1.29, 1.82) is 0 Å². The molecule has 3 heterocycles. The zero-order chi connectivity index (χ0) is 17.9. The molecule has 0 fully saturated rings. The van der Waals surface area contributed by atoms with E-state index >= 15 is 0 Å². The van der Waals surface area contributed by atoms with Gasteiger partial charge >= 0.3 is 0 Å². The van der Waals surface area contributed by atoms with E-state index in [-0.39, 0.29) is 5.91 Å². The molecule has 0 saturated heterocycles. The second kappa shape index (κ2) is 6.64. The molecule has 1 aromatic carbocycles. The van der Waals surface area contributed by atoms with E-state index < -0.39 is 0 Å². The summed E-state index contributed by atoms with van der Waals surface area (Å²) in [5.41, 5.74) is 5.34. The number of carbonyl (C=O) groups excluding carboxylic acids is 1. The number of benzene rings is 1. The van der Waals surface area contributed by atoms with Crippen LogP contribution in [0.5, 0.6) is 0 Å². The number of rotatable bonds is 5. The summed E-state index contributed by atoms with van der Waals surface area (Å²) >= 11 is 0. The number of imidazole rings is 1. The molecule has 1 amide bonds. The Morgan fingerprint density at radius 2 is 2.19 bits per heavy atom. The number of aromatic nitrogens is 5. The molecule has 0 radical (unpaired) electrons. The summed E-state index contributed by atoms with van der Waals surface area (Å²) in [5.74, 6) is -0.202. The first-order valence-electron chi connectivity index (χ1n) is 8.06. The molecular weight excluding hydrogens is 328 g/mol. The Bertz CT molecular complexity index is 1080. The van der Waals surface area contributed by atoms with E-state index in [1.165, 1.54) is 12.4 Å². The van der Waals surface area contributed by atoms with Crippen molar-refractivity contribution in [2.75, 3.05) is 0 Å². The Morgan fingerprint density at radius 3 is 3.00 bits per heavy atom. The van der Waals surface area contributed by atoms with Crippen LogP contribution in [0.2, 0.25) is 0 Å². The number of aromatic amines is 2. The fourth-order valence-corrected chi connectivity index (χ4v) is 2.89. The molecule has 0 aliphatic rings. The van der Waals surface area contributed by atoms with Crippen molar-refractivity contribution in [3.05, 3.63) is 67.5 Å². The van der Waals surface area contributed by atoms with Crippen LogP contribution in [0.3, 0.4) is 0 Å². The lowest BCUT2D eigenvalue weighted by Crippen LogP contribution is -2.19. The van der Waals surface area contributed by atoms with Gasteiger partial charge in [0, 0.05) is 23.9 Å². The van der Waals surface area contributed by atoms with Gasteiger partial charge < -0.3 is 15.3 Å². The van der Waals surface area contributed by atoms with Gasteiger partial charge in [0.1, 0.15) is 12.0 Å². The maximum Gasteiger partial charge on any atom is 0.243 e. The van der Waals surface area contributed by atoms with Crippen LogP contribution in [0.15, 0.2) is 62.0 Å². The van der Waals surface area contributed by atoms with E-state index in [0.29, 0.717) is 6.54 Å². The van der Waals surface area contributed by atoms with Gasteiger partial charge in [-0.2, -0.15) is 0 Å². The molecule has 3 N–H and O–H groups in total. The van der Waals surface area contributed by atoms with Crippen LogP contribution in [-0.2, 0) is 11.3 Å². The molecule has 4 rings (SSSR count). The Labute approximate surface area is 149 Å². The molecule has 0 spiro atoms. The minimum atomic E-state index is -0.202. The standard InChI is InChI=1S/C19H16N6O/c1-2-16(26)21-7-12-4-3-5-13(6-12)18-17-14(15-9-20-10-23-15)8-22-19(17)25-11-24-18/h2-6,8-11H,1,7H2,(H,20,23)(H,21,26)(H,22,24,25). The number of nitrogens with one attached hydrogen (secondary N) is 3. The molecule has 0 aliphatic carbocycles. The second-order valence-corrected chi connectivity index (χ2v) is 5.74. The first kappa shape index (κ1) is 15.8. The van der Waals surface area contributed by atoms with E-state index in [9.17, 15) is 4.79 Å². The minimum Gasteiger partial charge on any atom is -0.348 e. The number of amides is 1. The van der Waals surface area contributed by atoms with Gasteiger partial charge in [-0.15, -0.1) is 0 Å². The zero-order valence-electron chi connectivity index (χ0n) is 13.9. The predicted octanol–water partition coefficient (Wildman–Crippen LogP) is 2.82. The monoisotopic (exact) mass is 344 g/mol.